The Kier molecular flexibility index (Phi) is 6.59. The normalized spacial score (nSPS) is 10.7. The molecule has 2 N–H and O–H groups in total. The van der Waals surface area contributed by atoms with Crippen molar-refractivity contribution in [2.24, 2.45) is 0 Å². The van der Waals surface area contributed by atoms with Crippen LogP contribution in [0.4, 0.5) is 0 Å². The monoisotopic (exact) mass is 428 g/mol. The van der Waals surface area contributed by atoms with Crippen LogP contribution in [0.25, 0.3) is 11.0 Å². The number of benzene rings is 2. The van der Waals surface area contributed by atoms with Gasteiger partial charge in [0.1, 0.15) is 0 Å². The summed E-state index contributed by atoms with van der Waals surface area (Å²) in [5.41, 5.74) is 2.65. The first-order valence-corrected chi connectivity index (χ1v) is 9.63. The summed E-state index contributed by atoms with van der Waals surface area (Å²) in [4.78, 5) is 28.2. The third-order valence-corrected chi connectivity index (χ3v) is 4.70. The highest BCUT2D eigenvalue weighted by Gasteiger charge is 2.07. The molecule has 6 nitrogen and oxygen atoms in total. The zero-order valence-corrected chi connectivity index (χ0v) is 16.4. The van der Waals surface area contributed by atoms with Gasteiger partial charge in [-0.2, -0.15) is 0 Å². The van der Waals surface area contributed by atoms with Crippen LogP contribution in [0.2, 0.25) is 0 Å². The molecule has 0 spiro atoms. The first-order valence-electron chi connectivity index (χ1n) is 8.84. The molecule has 0 aliphatic heterocycles. The van der Waals surface area contributed by atoms with Crippen molar-refractivity contribution in [1.29, 1.82) is 0 Å². The number of nitrogens with zero attached hydrogens (tertiary/aromatic N) is 2. The molecule has 0 radical (unpaired) electrons. The molecule has 0 atom stereocenters. The second kappa shape index (κ2) is 9.32. The van der Waals surface area contributed by atoms with Gasteiger partial charge in [-0.25, -0.2) is 4.98 Å². The second-order valence-corrected chi connectivity index (χ2v) is 7.06. The molecule has 0 saturated carbocycles. The Morgan fingerprint density at radius 2 is 1.78 bits per heavy atom. The summed E-state index contributed by atoms with van der Waals surface area (Å²) >= 11 is 3.33. The number of fused-ring (bicyclic) bond motifs is 1. The lowest BCUT2D eigenvalue weighted by molar-refractivity contribution is -0.120. The van der Waals surface area contributed by atoms with E-state index in [0.717, 1.165) is 28.5 Å². The molecule has 0 saturated heterocycles. The van der Waals surface area contributed by atoms with E-state index in [1.807, 2.05) is 42.7 Å². The molecule has 3 aromatic rings. The van der Waals surface area contributed by atoms with Crippen molar-refractivity contribution >= 4 is 38.8 Å². The first kappa shape index (κ1) is 19.1. The standard InChI is InChI=1S/C20H21BrN4O2/c21-16-8-6-15(7-9-16)20(27)23-12-10-19(26)22-11-3-13-25-14-24-17-4-1-2-5-18(17)25/h1-2,4-9,14H,3,10-13H2,(H,22,26)(H,23,27). The minimum absolute atomic E-state index is 0.0680. The average molecular weight is 429 g/mol. The highest BCUT2D eigenvalue weighted by molar-refractivity contribution is 9.10. The largest absolute Gasteiger partial charge is 0.356 e. The molecule has 1 heterocycles. The maximum Gasteiger partial charge on any atom is 0.251 e. The molecule has 1 aromatic heterocycles. The Labute approximate surface area is 166 Å². The van der Waals surface area contributed by atoms with Crippen molar-refractivity contribution < 1.29 is 9.59 Å². The highest BCUT2D eigenvalue weighted by atomic mass is 79.9. The Morgan fingerprint density at radius 3 is 2.59 bits per heavy atom. The van der Waals surface area contributed by atoms with Gasteiger partial charge in [0.05, 0.1) is 17.4 Å². The molecule has 7 heteroatoms. The van der Waals surface area contributed by atoms with Gasteiger partial charge in [0.25, 0.3) is 5.91 Å². The number of aryl methyl sites for hydroxylation is 1. The number of imidazole rings is 1. The van der Waals surface area contributed by atoms with E-state index < -0.39 is 0 Å². The molecule has 0 unspecified atom stereocenters. The van der Waals surface area contributed by atoms with Crippen molar-refractivity contribution in [3.63, 3.8) is 0 Å². The third kappa shape index (κ3) is 5.40. The van der Waals surface area contributed by atoms with Crippen LogP contribution < -0.4 is 10.6 Å². The topological polar surface area (TPSA) is 76.0 Å². The van der Waals surface area contributed by atoms with Crippen LogP contribution in [0.5, 0.6) is 0 Å². The van der Waals surface area contributed by atoms with Crippen LogP contribution in [0.3, 0.4) is 0 Å². The van der Waals surface area contributed by atoms with Gasteiger partial charge < -0.3 is 15.2 Å². The van der Waals surface area contributed by atoms with E-state index in [4.69, 9.17) is 0 Å². The number of para-hydroxylation sites is 2. The van der Waals surface area contributed by atoms with Gasteiger partial charge in [0, 0.05) is 36.1 Å². The minimum Gasteiger partial charge on any atom is -0.356 e. The lowest BCUT2D eigenvalue weighted by Crippen LogP contribution is -2.31. The smallest absolute Gasteiger partial charge is 0.251 e. The number of halogens is 1. The number of carbonyl (C=O) groups is 2. The Balaban J connectivity index is 1.33. The van der Waals surface area contributed by atoms with Crippen molar-refractivity contribution in [3.8, 4) is 0 Å². The van der Waals surface area contributed by atoms with Crippen LogP contribution in [0.15, 0.2) is 59.3 Å². The molecule has 2 amide bonds. The molecule has 0 aliphatic carbocycles. The van der Waals surface area contributed by atoms with Gasteiger partial charge in [0.2, 0.25) is 5.91 Å². The lowest BCUT2D eigenvalue weighted by atomic mass is 10.2. The summed E-state index contributed by atoms with van der Waals surface area (Å²) in [5.74, 6) is -0.246. The molecule has 0 bridgehead atoms. The van der Waals surface area contributed by atoms with Gasteiger partial charge in [-0.1, -0.05) is 28.1 Å². The number of hydrogen-bond acceptors (Lipinski definition) is 3. The number of carbonyl (C=O) groups excluding carboxylic acids is 2. The van der Waals surface area contributed by atoms with Crippen LogP contribution in [0.1, 0.15) is 23.2 Å². The average Bonchev–Trinajstić information content (AvgIpc) is 3.09. The fourth-order valence-electron chi connectivity index (χ4n) is 2.75. The Bertz CT molecular complexity index is 921. The molecule has 140 valence electrons. The molecular weight excluding hydrogens is 408 g/mol. The fourth-order valence-corrected chi connectivity index (χ4v) is 3.01. The van der Waals surface area contributed by atoms with Gasteiger partial charge in [-0.15, -0.1) is 0 Å². The molecule has 2 aromatic carbocycles. The maximum atomic E-state index is 12.0. The van der Waals surface area contributed by atoms with Crippen LogP contribution in [0, 0.1) is 0 Å². The zero-order chi connectivity index (χ0) is 19.1. The summed E-state index contributed by atoms with van der Waals surface area (Å²) in [6, 6.07) is 15.1. The van der Waals surface area contributed by atoms with Crippen LogP contribution >= 0.6 is 15.9 Å². The van der Waals surface area contributed by atoms with Crippen LogP contribution in [-0.4, -0.2) is 34.5 Å². The molecular formula is C20H21BrN4O2. The van der Waals surface area contributed by atoms with E-state index in [2.05, 4.69) is 36.1 Å². The highest BCUT2D eigenvalue weighted by Crippen LogP contribution is 2.12. The van der Waals surface area contributed by atoms with Gasteiger partial charge in [-0.05, 0) is 42.8 Å². The molecule has 0 fully saturated rings. The summed E-state index contributed by atoms with van der Waals surface area (Å²) in [7, 11) is 0. The van der Waals surface area contributed by atoms with E-state index in [9.17, 15) is 9.59 Å². The van der Waals surface area contributed by atoms with Crippen LogP contribution in [-0.2, 0) is 11.3 Å². The number of nitrogens with one attached hydrogen (secondary N) is 2. The summed E-state index contributed by atoms with van der Waals surface area (Å²) in [6.45, 7) is 1.69. The predicted molar refractivity (Wildman–Crippen MR) is 108 cm³/mol. The molecule has 0 aliphatic rings. The Hall–Kier alpha value is -2.67. The second-order valence-electron chi connectivity index (χ2n) is 6.14. The van der Waals surface area contributed by atoms with E-state index >= 15 is 0 Å². The lowest BCUT2D eigenvalue weighted by Gasteiger charge is -2.08. The number of aromatic nitrogens is 2. The number of rotatable bonds is 8. The summed E-state index contributed by atoms with van der Waals surface area (Å²) in [5, 5.41) is 5.64. The first-order chi connectivity index (χ1) is 13.1. The van der Waals surface area contributed by atoms with Crippen molar-refractivity contribution in [2.75, 3.05) is 13.1 Å². The van der Waals surface area contributed by atoms with Crippen molar-refractivity contribution in [2.45, 2.75) is 19.4 Å². The summed E-state index contributed by atoms with van der Waals surface area (Å²) in [6.07, 6.45) is 2.90. The zero-order valence-electron chi connectivity index (χ0n) is 14.8. The predicted octanol–water partition coefficient (Wildman–Crippen LogP) is 3.13. The van der Waals surface area contributed by atoms with E-state index in [1.54, 1.807) is 12.1 Å². The van der Waals surface area contributed by atoms with E-state index in [0.29, 0.717) is 18.7 Å². The van der Waals surface area contributed by atoms with Crippen molar-refractivity contribution in [1.82, 2.24) is 20.2 Å². The minimum atomic E-state index is -0.178. The van der Waals surface area contributed by atoms with Crippen molar-refractivity contribution in [3.05, 3.63) is 64.9 Å². The van der Waals surface area contributed by atoms with E-state index in [1.165, 1.54) is 0 Å². The van der Waals surface area contributed by atoms with Gasteiger partial charge >= 0.3 is 0 Å². The number of hydrogen-bond donors (Lipinski definition) is 2. The SMILES string of the molecule is O=C(CCNC(=O)c1ccc(Br)cc1)NCCCn1cnc2ccccc21. The quantitative estimate of drug-likeness (QED) is 0.541. The Morgan fingerprint density at radius 1 is 1.00 bits per heavy atom. The number of amides is 2. The maximum absolute atomic E-state index is 12.0. The molecule has 27 heavy (non-hydrogen) atoms. The van der Waals surface area contributed by atoms with Gasteiger partial charge in [0.15, 0.2) is 0 Å². The fraction of sp³-hybridized carbons (Fsp3) is 0.250. The van der Waals surface area contributed by atoms with E-state index in [-0.39, 0.29) is 18.2 Å². The summed E-state index contributed by atoms with van der Waals surface area (Å²) < 4.78 is 3.00. The van der Waals surface area contributed by atoms with Gasteiger partial charge in [-0.3, -0.25) is 9.59 Å². The third-order valence-electron chi connectivity index (χ3n) is 4.17. The molecule has 3 rings (SSSR count).